The van der Waals surface area contributed by atoms with Gasteiger partial charge in [-0.15, -0.1) is 0 Å². The molecule has 0 spiro atoms. The quantitative estimate of drug-likeness (QED) is 0.825. The van der Waals surface area contributed by atoms with Gasteiger partial charge in [0.25, 0.3) is 0 Å². The number of hydrogen-bond acceptors (Lipinski definition) is 4. The average molecular weight is 287 g/mol. The van der Waals surface area contributed by atoms with Gasteiger partial charge in [-0.2, -0.15) is 5.10 Å². The standard InChI is InChI=1S/C16H21N3O2/c1-3-21-15(20)16(17,14-7-5-4-6-8-14)10-12-19-13(2)9-11-18-19/h4-9,11H,3,10,12,17H2,1-2H3. The number of aryl methyl sites for hydroxylation is 2. The summed E-state index contributed by atoms with van der Waals surface area (Å²) in [5.41, 5.74) is 7.04. The van der Waals surface area contributed by atoms with Crippen LogP contribution in [0, 0.1) is 6.92 Å². The van der Waals surface area contributed by atoms with Crippen molar-refractivity contribution in [3.8, 4) is 0 Å². The molecule has 0 aliphatic rings. The lowest BCUT2D eigenvalue weighted by Crippen LogP contribution is -2.47. The van der Waals surface area contributed by atoms with Gasteiger partial charge in [0.15, 0.2) is 0 Å². The molecule has 0 bridgehead atoms. The predicted octanol–water partition coefficient (Wildman–Crippen LogP) is 2.00. The molecule has 5 heteroatoms. The minimum atomic E-state index is -1.16. The number of carbonyl (C=O) groups excluding carboxylic acids is 1. The van der Waals surface area contributed by atoms with Crippen LogP contribution in [0.25, 0.3) is 0 Å². The fraction of sp³-hybridized carbons (Fsp3) is 0.375. The van der Waals surface area contributed by atoms with E-state index in [9.17, 15) is 4.79 Å². The van der Waals surface area contributed by atoms with Crippen LogP contribution in [0.5, 0.6) is 0 Å². The van der Waals surface area contributed by atoms with E-state index < -0.39 is 11.5 Å². The topological polar surface area (TPSA) is 70.1 Å². The third-order valence-electron chi connectivity index (χ3n) is 3.58. The summed E-state index contributed by atoms with van der Waals surface area (Å²) in [5.74, 6) is -0.402. The Bertz CT molecular complexity index is 595. The first-order valence-corrected chi connectivity index (χ1v) is 7.08. The van der Waals surface area contributed by atoms with Crippen molar-refractivity contribution in [1.29, 1.82) is 0 Å². The molecule has 21 heavy (non-hydrogen) atoms. The van der Waals surface area contributed by atoms with Crippen molar-refractivity contribution in [2.75, 3.05) is 6.61 Å². The molecule has 0 radical (unpaired) electrons. The van der Waals surface area contributed by atoms with Gasteiger partial charge in [0, 0.05) is 18.4 Å². The lowest BCUT2D eigenvalue weighted by atomic mass is 9.87. The second-order valence-electron chi connectivity index (χ2n) is 5.00. The molecule has 1 unspecified atom stereocenters. The zero-order valence-electron chi connectivity index (χ0n) is 12.5. The van der Waals surface area contributed by atoms with E-state index in [4.69, 9.17) is 10.5 Å². The summed E-state index contributed by atoms with van der Waals surface area (Å²) < 4.78 is 7.01. The number of ether oxygens (including phenoxy) is 1. The van der Waals surface area contributed by atoms with E-state index in [1.54, 1.807) is 13.1 Å². The first-order chi connectivity index (χ1) is 10.1. The Morgan fingerprint density at radius 3 is 2.62 bits per heavy atom. The molecule has 0 fully saturated rings. The van der Waals surface area contributed by atoms with Crippen LogP contribution in [0.1, 0.15) is 24.6 Å². The first kappa shape index (κ1) is 15.3. The van der Waals surface area contributed by atoms with E-state index in [0.717, 1.165) is 11.3 Å². The second kappa shape index (κ2) is 6.54. The number of nitrogens with zero attached hydrogens (tertiary/aromatic N) is 2. The summed E-state index contributed by atoms with van der Waals surface area (Å²) >= 11 is 0. The van der Waals surface area contributed by atoms with Gasteiger partial charge >= 0.3 is 5.97 Å². The Kier molecular flexibility index (Phi) is 4.75. The second-order valence-corrected chi connectivity index (χ2v) is 5.00. The minimum absolute atomic E-state index is 0.311. The molecule has 2 N–H and O–H groups in total. The van der Waals surface area contributed by atoms with Crippen LogP contribution in [-0.2, 0) is 21.6 Å². The van der Waals surface area contributed by atoms with Gasteiger partial charge in [0.05, 0.1) is 6.61 Å². The maximum Gasteiger partial charge on any atom is 0.330 e. The molecular weight excluding hydrogens is 266 g/mol. The molecule has 0 amide bonds. The number of rotatable bonds is 6. The summed E-state index contributed by atoms with van der Waals surface area (Å²) in [5, 5.41) is 4.23. The van der Waals surface area contributed by atoms with Crippen LogP contribution in [0.3, 0.4) is 0 Å². The number of benzene rings is 1. The van der Waals surface area contributed by atoms with Crippen LogP contribution < -0.4 is 5.73 Å². The van der Waals surface area contributed by atoms with E-state index >= 15 is 0 Å². The molecule has 0 saturated carbocycles. The largest absolute Gasteiger partial charge is 0.464 e. The van der Waals surface area contributed by atoms with Gasteiger partial charge < -0.3 is 10.5 Å². The number of nitrogens with two attached hydrogens (primary N) is 1. The molecule has 2 rings (SSSR count). The van der Waals surface area contributed by atoms with Crippen molar-refractivity contribution in [1.82, 2.24) is 9.78 Å². The number of carbonyl (C=O) groups is 1. The van der Waals surface area contributed by atoms with E-state index in [0.29, 0.717) is 19.6 Å². The monoisotopic (exact) mass is 287 g/mol. The van der Waals surface area contributed by atoms with Gasteiger partial charge in [0.2, 0.25) is 0 Å². The summed E-state index contributed by atoms with van der Waals surface area (Å²) in [6, 6.07) is 11.3. The minimum Gasteiger partial charge on any atom is -0.464 e. The maximum absolute atomic E-state index is 12.3. The van der Waals surface area contributed by atoms with Crippen molar-refractivity contribution >= 4 is 5.97 Å². The molecule has 1 aromatic carbocycles. The molecule has 0 saturated heterocycles. The van der Waals surface area contributed by atoms with E-state index in [1.165, 1.54) is 0 Å². The highest BCUT2D eigenvalue weighted by molar-refractivity contribution is 5.82. The number of aromatic nitrogens is 2. The molecule has 5 nitrogen and oxygen atoms in total. The summed E-state index contributed by atoms with van der Waals surface area (Å²) in [6.45, 7) is 4.62. The first-order valence-electron chi connectivity index (χ1n) is 7.08. The predicted molar refractivity (Wildman–Crippen MR) is 80.5 cm³/mol. The number of esters is 1. The van der Waals surface area contributed by atoms with E-state index in [1.807, 2.05) is 48.0 Å². The Hall–Kier alpha value is -2.14. The van der Waals surface area contributed by atoms with E-state index in [2.05, 4.69) is 5.10 Å². The molecule has 1 atom stereocenters. The highest BCUT2D eigenvalue weighted by Gasteiger charge is 2.37. The fourth-order valence-corrected chi connectivity index (χ4v) is 2.27. The van der Waals surface area contributed by atoms with Gasteiger partial charge in [-0.1, -0.05) is 30.3 Å². The van der Waals surface area contributed by atoms with Gasteiger partial charge in [-0.25, -0.2) is 4.79 Å². The molecular formula is C16H21N3O2. The Morgan fingerprint density at radius 1 is 1.33 bits per heavy atom. The Labute approximate surface area is 124 Å². The average Bonchev–Trinajstić information content (AvgIpc) is 2.91. The smallest absolute Gasteiger partial charge is 0.330 e. The van der Waals surface area contributed by atoms with Crippen molar-refractivity contribution < 1.29 is 9.53 Å². The summed E-state index contributed by atoms with van der Waals surface area (Å²) in [4.78, 5) is 12.3. The highest BCUT2D eigenvalue weighted by Crippen LogP contribution is 2.25. The van der Waals surface area contributed by atoms with Crippen LogP contribution >= 0.6 is 0 Å². The number of hydrogen-bond donors (Lipinski definition) is 1. The van der Waals surface area contributed by atoms with Crippen LogP contribution in [0.2, 0.25) is 0 Å². The van der Waals surface area contributed by atoms with Crippen molar-refractivity contribution in [3.05, 3.63) is 53.9 Å². The normalized spacial score (nSPS) is 13.7. The third-order valence-corrected chi connectivity index (χ3v) is 3.58. The molecule has 0 aliphatic carbocycles. The van der Waals surface area contributed by atoms with Crippen LogP contribution in [0.4, 0.5) is 0 Å². The van der Waals surface area contributed by atoms with Gasteiger partial charge in [-0.3, -0.25) is 4.68 Å². The van der Waals surface area contributed by atoms with Crippen LogP contribution in [0.15, 0.2) is 42.6 Å². The molecule has 2 aromatic rings. The van der Waals surface area contributed by atoms with E-state index in [-0.39, 0.29) is 0 Å². The third kappa shape index (κ3) is 3.31. The summed E-state index contributed by atoms with van der Waals surface area (Å²) in [7, 11) is 0. The molecule has 1 heterocycles. The van der Waals surface area contributed by atoms with Crippen LogP contribution in [-0.4, -0.2) is 22.4 Å². The summed E-state index contributed by atoms with van der Waals surface area (Å²) in [6.07, 6.45) is 2.17. The van der Waals surface area contributed by atoms with Crippen molar-refractivity contribution in [2.24, 2.45) is 5.73 Å². The maximum atomic E-state index is 12.3. The zero-order valence-corrected chi connectivity index (χ0v) is 12.5. The molecule has 0 aliphatic heterocycles. The highest BCUT2D eigenvalue weighted by atomic mass is 16.5. The van der Waals surface area contributed by atoms with Crippen molar-refractivity contribution in [3.63, 3.8) is 0 Å². The molecule has 1 aromatic heterocycles. The Balaban J connectivity index is 2.24. The Morgan fingerprint density at radius 2 is 2.05 bits per heavy atom. The van der Waals surface area contributed by atoms with Gasteiger partial charge in [0.1, 0.15) is 5.54 Å². The zero-order chi connectivity index (χ0) is 15.3. The van der Waals surface area contributed by atoms with Crippen molar-refractivity contribution in [2.45, 2.75) is 32.4 Å². The lowest BCUT2D eigenvalue weighted by molar-refractivity contribution is -0.150. The van der Waals surface area contributed by atoms with Gasteiger partial charge in [-0.05, 0) is 31.9 Å². The SMILES string of the molecule is CCOC(=O)C(N)(CCn1nccc1C)c1ccccc1. The molecule has 112 valence electrons. The fourth-order valence-electron chi connectivity index (χ4n) is 2.27. The lowest BCUT2D eigenvalue weighted by Gasteiger charge is -2.27.